The predicted octanol–water partition coefficient (Wildman–Crippen LogP) is 7.59. The molecule has 180 valence electrons. The Kier molecular flexibility index (Phi) is 8.63. The van der Waals surface area contributed by atoms with Crippen molar-refractivity contribution < 1.29 is 19.1 Å². The van der Waals surface area contributed by atoms with E-state index in [1.807, 2.05) is 61.5 Å². The van der Waals surface area contributed by atoms with Crippen LogP contribution < -0.4 is 5.43 Å². The lowest BCUT2D eigenvalue weighted by Crippen LogP contribution is -2.23. The summed E-state index contributed by atoms with van der Waals surface area (Å²) >= 11 is 0. The Morgan fingerprint density at radius 2 is 1.53 bits per heavy atom. The zero-order valence-corrected chi connectivity index (χ0v) is 21.3. The minimum absolute atomic E-state index is 0.0758. The first-order valence-electron chi connectivity index (χ1n) is 11.7. The molecule has 0 fully saturated rings. The number of carbonyl (C=O) groups excluding carboxylic acids is 1. The SMILES string of the molecule is CC.CC.Cc1cc(C(=O)OC(C)(C)C)ccc1-c1c2ccc(=O)cc-2oc2cc(O)ccc12. The highest BCUT2D eigenvalue weighted by Gasteiger charge is 2.21. The normalized spacial score (nSPS) is 10.7. The zero-order valence-electron chi connectivity index (χ0n) is 21.3. The molecule has 0 saturated heterocycles. The third kappa shape index (κ3) is 5.84. The van der Waals surface area contributed by atoms with Crippen molar-refractivity contribution in [2.45, 2.75) is 61.0 Å². The van der Waals surface area contributed by atoms with Gasteiger partial charge in [-0.2, -0.15) is 0 Å². The molecule has 0 amide bonds. The highest BCUT2D eigenvalue weighted by molar-refractivity contribution is 6.03. The van der Waals surface area contributed by atoms with E-state index in [0.29, 0.717) is 16.9 Å². The van der Waals surface area contributed by atoms with Crippen LogP contribution in [-0.2, 0) is 4.74 Å². The fourth-order valence-electron chi connectivity index (χ4n) is 3.56. The summed E-state index contributed by atoms with van der Waals surface area (Å²) in [5.41, 5.74) is 3.64. The van der Waals surface area contributed by atoms with Crippen LogP contribution in [0.2, 0.25) is 0 Å². The number of ether oxygens (including phenoxy) is 1. The average Bonchev–Trinajstić information content (AvgIpc) is 2.79. The number of hydrogen-bond donors (Lipinski definition) is 1. The first kappa shape index (κ1) is 26.7. The summed E-state index contributed by atoms with van der Waals surface area (Å²) < 4.78 is 11.4. The van der Waals surface area contributed by atoms with Gasteiger partial charge in [-0.15, -0.1) is 0 Å². The molecule has 0 spiro atoms. The van der Waals surface area contributed by atoms with Crippen molar-refractivity contribution in [2.24, 2.45) is 0 Å². The molecule has 4 rings (SSSR count). The number of esters is 1. The topological polar surface area (TPSA) is 76.7 Å². The molecule has 2 aromatic carbocycles. The van der Waals surface area contributed by atoms with E-state index < -0.39 is 5.60 Å². The molecule has 1 aliphatic carbocycles. The van der Waals surface area contributed by atoms with Crippen LogP contribution in [0.1, 0.15) is 64.4 Å². The van der Waals surface area contributed by atoms with Gasteiger partial charge in [0.2, 0.25) is 0 Å². The summed E-state index contributed by atoms with van der Waals surface area (Å²) in [5, 5.41) is 10.7. The lowest BCUT2D eigenvalue weighted by molar-refractivity contribution is 0.00694. The zero-order chi connectivity index (χ0) is 25.6. The number of hydrogen-bond acceptors (Lipinski definition) is 5. The molecule has 1 aliphatic heterocycles. The first-order valence-corrected chi connectivity index (χ1v) is 11.7. The maximum Gasteiger partial charge on any atom is 0.338 e. The van der Waals surface area contributed by atoms with Crippen molar-refractivity contribution in [3.63, 3.8) is 0 Å². The third-order valence-electron chi connectivity index (χ3n) is 4.81. The molecular formula is C29H34O5. The summed E-state index contributed by atoms with van der Waals surface area (Å²) in [7, 11) is 0. The number of phenolic OH excluding ortho intramolecular Hbond substituents is 1. The minimum atomic E-state index is -0.574. The lowest BCUT2D eigenvalue weighted by Gasteiger charge is -2.20. The van der Waals surface area contributed by atoms with E-state index in [4.69, 9.17) is 9.15 Å². The molecule has 34 heavy (non-hydrogen) atoms. The van der Waals surface area contributed by atoms with Crippen molar-refractivity contribution in [1.82, 2.24) is 0 Å². The number of phenols is 1. The van der Waals surface area contributed by atoms with Crippen LogP contribution in [0.4, 0.5) is 0 Å². The van der Waals surface area contributed by atoms with Gasteiger partial charge < -0.3 is 14.3 Å². The van der Waals surface area contributed by atoms with Crippen molar-refractivity contribution in [1.29, 1.82) is 0 Å². The maximum atomic E-state index is 12.5. The molecule has 5 nitrogen and oxygen atoms in total. The smallest absolute Gasteiger partial charge is 0.338 e. The molecule has 0 radical (unpaired) electrons. The van der Waals surface area contributed by atoms with Gasteiger partial charge in [-0.3, -0.25) is 4.79 Å². The molecule has 0 atom stereocenters. The van der Waals surface area contributed by atoms with Crippen molar-refractivity contribution in [3.05, 3.63) is 75.9 Å². The molecule has 2 aromatic rings. The fraction of sp³-hybridized carbons (Fsp3) is 0.310. The Bertz CT molecular complexity index is 1310. The highest BCUT2D eigenvalue weighted by Crippen LogP contribution is 2.41. The largest absolute Gasteiger partial charge is 0.508 e. The molecule has 0 bridgehead atoms. The molecule has 1 heterocycles. The van der Waals surface area contributed by atoms with E-state index in [1.165, 1.54) is 18.2 Å². The summed E-state index contributed by atoms with van der Waals surface area (Å²) in [5.74, 6) is 0.133. The van der Waals surface area contributed by atoms with Gasteiger partial charge in [0.1, 0.15) is 22.7 Å². The molecule has 1 N–H and O–H groups in total. The molecule has 5 heteroatoms. The molecule has 0 aromatic heterocycles. The van der Waals surface area contributed by atoms with Crippen LogP contribution in [0.25, 0.3) is 33.4 Å². The van der Waals surface area contributed by atoms with Gasteiger partial charge in [0, 0.05) is 28.6 Å². The second kappa shape index (κ2) is 11.0. The second-order valence-corrected chi connectivity index (χ2v) is 8.35. The first-order chi connectivity index (χ1) is 16.1. The Balaban J connectivity index is 0.000000970. The number of fused-ring (bicyclic) bond motifs is 2. The van der Waals surface area contributed by atoms with Gasteiger partial charge in [-0.1, -0.05) is 33.8 Å². The van der Waals surface area contributed by atoms with Crippen LogP contribution in [-0.4, -0.2) is 16.7 Å². The van der Waals surface area contributed by atoms with Crippen LogP contribution in [0.15, 0.2) is 63.8 Å². The lowest BCUT2D eigenvalue weighted by atomic mass is 9.90. The van der Waals surface area contributed by atoms with Crippen molar-refractivity contribution in [3.8, 4) is 28.2 Å². The van der Waals surface area contributed by atoms with Gasteiger partial charge in [0.05, 0.1) is 5.56 Å². The quantitative estimate of drug-likeness (QED) is 0.245. The molecule has 0 saturated carbocycles. The average molecular weight is 463 g/mol. The molecule has 0 unspecified atom stereocenters. The number of aromatic hydroxyl groups is 1. The van der Waals surface area contributed by atoms with E-state index in [-0.39, 0.29) is 17.1 Å². The highest BCUT2D eigenvalue weighted by atomic mass is 16.6. The van der Waals surface area contributed by atoms with Gasteiger partial charge >= 0.3 is 5.97 Å². The number of rotatable bonds is 2. The summed E-state index contributed by atoms with van der Waals surface area (Å²) in [6, 6.07) is 15.0. The minimum Gasteiger partial charge on any atom is -0.508 e. The van der Waals surface area contributed by atoms with E-state index in [9.17, 15) is 14.7 Å². The standard InChI is InChI=1S/C25H22O5.2C2H6/c1-14-11-15(24(28)30-25(2,3)4)5-8-18(14)23-19-9-6-16(26)12-21(19)29-22-13-17(27)7-10-20(22)23;2*1-2/h5-13,26H,1-4H3;2*1-2H3. The Hall–Kier alpha value is -3.60. The van der Waals surface area contributed by atoms with E-state index in [2.05, 4.69) is 0 Å². The van der Waals surface area contributed by atoms with Crippen LogP contribution in [0, 0.1) is 6.92 Å². The van der Waals surface area contributed by atoms with Crippen LogP contribution in [0.3, 0.4) is 0 Å². The van der Waals surface area contributed by atoms with E-state index in [1.54, 1.807) is 30.3 Å². The Morgan fingerprint density at radius 1 is 0.882 bits per heavy atom. The number of aryl methyl sites for hydroxylation is 1. The van der Waals surface area contributed by atoms with Gasteiger partial charge in [-0.05, 0) is 75.2 Å². The maximum absolute atomic E-state index is 12.5. The summed E-state index contributed by atoms with van der Waals surface area (Å²) in [6.45, 7) is 15.4. The van der Waals surface area contributed by atoms with Gasteiger partial charge in [0.15, 0.2) is 5.43 Å². The van der Waals surface area contributed by atoms with Crippen molar-refractivity contribution in [2.75, 3.05) is 0 Å². The molecular weight excluding hydrogens is 428 g/mol. The Morgan fingerprint density at radius 3 is 2.15 bits per heavy atom. The molecule has 2 aliphatic rings. The number of benzene rings is 3. The third-order valence-corrected chi connectivity index (χ3v) is 4.81. The number of carbonyl (C=O) groups is 1. The monoisotopic (exact) mass is 462 g/mol. The van der Waals surface area contributed by atoms with Crippen molar-refractivity contribution >= 4 is 16.9 Å². The second-order valence-electron chi connectivity index (χ2n) is 8.35. The summed E-state index contributed by atoms with van der Waals surface area (Å²) in [6.07, 6.45) is 0. The van der Waals surface area contributed by atoms with E-state index >= 15 is 0 Å². The summed E-state index contributed by atoms with van der Waals surface area (Å²) in [4.78, 5) is 24.3. The van der Waals surface area contributed by atoms with Gasteiger partial charge in [-0.25, -0.2) is 4.79 Å². The fourth-order valence-corrected chi connectivity index (χ4v) is 3.56. The van der Waals surface area contributed by atoms with Gasteiger partial charge in [0.25, 0.3) is 0 Å². The Labute approximate surface area is 201 Å². The van der Waals surface area contributed by atoms with Crippen LogP contribution in [0.5, 0.6) is 5.75 Å². The van der Waals surface area contributed by atoms with Crippen LogP contribution >= 0.6 is 0 Å². The van der Waals surface area contributed by atoms with E-state index in [0.717, 1.165) is 27.6 Å². The predicted molar refractivity (Wildman–Crippen MR) is 139 cm³/mol.